The van der Waals surface area contributed by atoms with Crippen molar-refractivity contribution in [3.8, 4) is 0 Å². The molecule has 1 fully saturated rings. The number of nitrogens with zero attached hydrogens (tertiary/aromatic N) is 5. The van der Waals surface area contributed by atoms with Crippen LogP contribution in [-0.4, -0.2) is 55.1 Å². The van der Waals surface area contributed by atoms with E-state index < -0.39 is 0 Å². The van der Waals surface area contributed by atoms with E-state index in [2.05, 4.69) is 19.8 Å². The van der Waals surface area contributed by atoms with Crippen LogP contribution in [0, 0.1) is 5.82 Å². The van der Waals surface area contributed by atoms with Gasteiger partial charge in [0.1, 0.15) is 5.82 Å². The van der Waals surface area contributed by atoms with Crippen molar-refractivity contribution in [2.45, 2.75) is 20.4 Å². The van der Waals surface area contributed by atoms with Gasteiger partial charge in [-0.2, -0.15) is 0 Å². The second kappa shape index (κ2) is 9.03. The summed E-state index contributed by atoms with van der Waals surface area (Å²) in [6, 6.07) is 5.31. The van der Waals surface area contributed by atoms with Gasteiger partial charge >= 0.3 is 0 Å². The highest BCUT2D eigenvalue weighted by molar-refractivity contribution is 7.13. The molecule has 2 heterocycles. The van der Waals surface area contributed by atoms with Crippen molar-refractivity contribution in [3.63, 3.8) is 0 Å². The maximum absolute atomic E-state index is 14.4. The maximum atomic E-state index is 14.4. The van der Waals surface area contributed by atoms with Crippen molar-refractivity contribution >= 4 is 28.1 Å². The van der Waals surface area contributed by atoms with Gasteiger partial charge in [-0.1, -0.05) is 6.07 Å². The van der Waals surface area contributed by atoms with Crippen LogP contribution in [0.4, 0.5) is 15.2 Å². The first-order valence-corrected chi connectivity index (χ1v) is 10.2. The van der Waals surface area contributed by atoms with Crippen LogP contribution >= 0.6 is 11.3 Å². The number of hydrogen-bond donors (Lipinski definition) is 1. The van der Waals surface area contributed by atoms with Crippen molar-refractivity contribution in [2.24, 2.45) is 10.7 Å². The molecule has 0 radical (unpaired) electrons. The summed E-state index contributed by atoms with van der Waals surface area (Å²) in [4.78, 5) is 15.2. The van der Waals surface area contributed by atoms with E-state index >= 15 is 0 Å². The van der Waals surface area contributed by atoms with Crippen molar-refractivity contribution in [1.82, 2.24) is 9.88 Å². The van der Waals surface area contributed by atoms with E-state index in [0.717, 1.165) is 50.0 Å². The molecule has 6 nitrogen and oxygen atoms in total. The molecule has 3 rings (SSSR count). The third-order valence-corrected chi connectivity index (χ3v) is 5.67. The Labute approximate surface area is 164 Å². The van der Waals surface area contributed by atoms with Gasteiger partial charge in [0, 0.05) is 50.8 Å². The summed E-state index contributed by atoms with van der Waals surface area (Å²) in [5.41, 5.74) is 7.63. The first-order chi connectivity index (χ1) is 13.1. The van der Waals surface area contributed by atoms with Crippen LogP contribution in [0.15, 0.2) is 34.8 Å². The quantitative estimate of drug-likeness (QED) is 0.607. The zero-order valence-electron chi connectivity index (χ0n) is 15.9. The molecule has 0 aliphatic carbocycles. The second-order valence-corrected chi connectivity index (χ2v) is 7.29. The SMILES string of the molecule is CCN(CC)c1ccc(CN=C(N)N2CCN(c3nccs3)CC2)cc1F. The Morgan fingerprint density at radius 2 is 2.00 bits per heavy atom. The Kier molecular flexibility index (Phi) is 6.49. The van der Waals surface area contributed by atoms with Gasteiger partial charge < -0.3 is 20.4 Å². The number of hydrogen-bond acceptors (Lipinski definition) is 5. The highest BCUT2D eigenvalue weighted by atomic mass is 32.1. The zero-order chi connectivity index (χ0) is 19.2. The minimum atomic E-state index is -0.206. The standard InChI is InChI=1S/C19H27FN6S/c1-3-24(4-2)17-6-5-15(13-16(17)20)14-23-18(21)25-8-10-26(11-9-25)19-22-7-12-27-19/h5-7,12-13H,3-4,8-11,14H2,1-2H3,(H2,21,23). The van der Waals surface area contributed by atoms with Gasteiger partial charge in [0.2, 0.25) is 0 Å². The normalized spacial score (nSPS) is 15.3. The molecule has 1 aromatic heterocycles. The molecule has 1 aliphatic heterocycles. The lowest BCUT2D eigenvalue weighted by Crippen LogP contribution is -2.51. The molecule has 146 valence electrons. The summed E-state index contributed by atoms with van der Waals surface area (Å²) in [6.45, 7) is 9.36. The Bertz CT molecular complexity index is 752. The first kappa shape index (κ1) is 19.4. The lowest BCUT2D eigenvalue weighted by Gasteiger charge is -2.35. The number of anilines is 2. The molecule has 0 unspecified atom stereocenters. The lowest BCUT2D eigenvalue weighted by atomic mass is 10.2. The highest BCUT2D eigenvalue weighted by Gasteiger charge is 2.19. The Morgan fingerprint density at radius 1 is 1.26 bits per heavy atom. The van der Waals surface area contributed by atoms with E-state index in [-0.39, 0.29) is 5.82 Å². The van der Waals surface area contributed by atoms with Crippen LogP contribution < -0.4 is 15.5 Å². The molecule has 27 heavy (non-hydrogen) atoms. The predicted molar refractivity (Wildman–Crippen MR) is 111 cm³/mol. The van der Waals surface area contributed by atoms with E-state index in [1.807, 2.05) is 42.5 Å². The van der Waals surface area contributed by atoms with Gasteiger partial charge in [0.05, 0.1) is 12.2 Å². The smallest absolute Gasteiger partial charge is 0.191 e. The molecule has 2 aromatic rings. The fourth-order valence-electron chi connectivity index (χ4n) is 3.24. The van der Waals surface area contributed by atoms with Crippen molar-refractivity contribution < 1.29 is 4.39 Å². The topological polar surface area (TPSA) is 61.0 Å². The molecular weight excluding hydrogens is 363 g/mol. The van der Waals surface area contributed by atoms with Crippen molar-refractivity contribution in [1.29, 1.82) is 0 Å². The van der Waals surface area contributed by atoms with Gasteiger partial charge in [-0.25, -0.2) is 14.4 Å². The molecule has 1 aromatic carbocycles. The summed E-state index contributed by atoms with van der Waals surface area (Å²) >= 11 is 1.65. The van der Waals surface area contributed by atoms with Crippen LogP contribution in [0.25, 0.3) is 0 Å². The predicted octanol–water partition coefficient (Wildman–Crippen LogP) is 2.77. The fourth-order valence-corrected chi connectivity index (χ4v) is 3.94. The first-order valence-electron chi connectivity index (χ1n) is 9.35. The number of nitrogens with two attached hydrogens (primary N) is 1. The molecular formula is C19H27FN6S. The van der Waals surface area contributed by atoms with Gasteiger partial charge in [-0.05, 0) is 31.5 Å². The number of rotatable bonds is 6. The van der Waals surface area contributed by atoms with Gasteiger partial charge in [0.25, 0.3) is 0 Å². The van der Waals surface area contributed by atoms with Crippen LogP contribution in [0.5, 0.6) is 0 Å². The van der Waals surface area contributed by atoms with Gasteiger partial charge in [0.15, 0.2) is 11.1 Å². The Balaban J connectivity index is 1.57. The molecule has 0 amide bonds. The number of benzene rings is 1. The molecule has 0 saturated carbocycles. The summed E-state index contributed by atoms with van der Waals surface area (Å²) in [6.07, 6.45) is 1.83. The van der Waals surface area contributed by atoms with Crippen molar-refractivity contribution in [2.75, 3.05) is 49.1 Å². The van der Waals surface area contributed by atoms with E-state index in [1.54, 1.807) is 17.4 Å². The van der Waals surface area contributed by atoms with Gasteiger partial charge in [-0.3, -0.25) is 0 Å². The van der Waals surface area contributed by atoms with Crippen LogP contribution in [0.3, 0.4) is 0 Å². The number of guanidine groups is 1. The monoisotopic (exact) mass is 390 g/mol. The van der Waals surface area contributed by atoms with Crippen LogP contribution in [-0.2, 0) is 6.54 Å². The van der Waals surface area contributed by atoms with Gasteiger partial charge in [-0.15, -0.1) is 11.3 Å². The summed E-state index contributed by atoms with van der Waals surface area (Å²) < 4.78 is 14.4. The second-order valence-electron chi connectivity index (χ2n) is 6.42. The average Bonchev–Trinajstić information content (AvgIpc) is 3.23. The highest BCUT2D eigenvalue weighted by Crippen LogP contribution is 2.21. The zero-order valence-corrected chi connectivity index (χ0v) is 16.8. The molecule has 1 aliphatic rings. The number of thiazole rings is 1. The third kappa shape index (κ3) is 4.68. The summed E-state index contributed by atoms with van der Waals surface area (Å²) in [5, 5.41) is 3.04. The average molecular weight is 391 g/mol. The number of aromatic nitrogens is 1. The van der Waals surface area contributed by atoms with E-state index in [9.17, 15) is 4.39 Å². The van der Waals surface area contributed by atoms with E-state index in [1.165, 1.54) is 0 Å². The minimum Gasteiger partial charge on any atom is -0.370 e. The number of piperazine rings is 1. The number of halogens is 1. The fraction of sp³-hybridized carbons (Fsp3) is 0.474. The Morgan fingerprint density at radius 3 is 2.59 bits per heavy atom. The molecule has 2 N–H and O–H groups in total. The Hall–Kier alpha value is -2.35. The molecule has 1 saturated heterocycles. The maximum Gasteiger partial charge on any atom is 0.191 e. The van der Waals surface area contributed by atoms with Crippen molar-refractivity contribution in [3.05, 3.63) is 41.2 Å². The number of aliphatic imine (C=N–C) groups is 1. The molecule has 0 bridgehead atoms. The minimum absolute atomic E-state index is 0.206. The largest absolute Gasteiger partial charge is 0.370 e. The lowest BCUT2D eigenvalue weighted by molar-refractivity contribution is 0.380. The van der Waals surface area contributed by atoms with Crippen LogP contribution in [0.1, 0.15) is 19.4 Å². The van der Waals surface area contributed by atoms with E-state index in [0.29, 0.717) is 18.2 Å². The van der Waals surface area contributed by atoms with Crippen LogP contribution in [0.2, 0.25) is 0 Å². The summed E-state index contributed by atoms with van der Waals surface area (Å²) in [7, 11) is 0. The summed E-state index contributed by atoms with van der Waals surface area (Å²) in [5.74, 6) is 0.309. The molecule has 0 spiro atoms. The third-order valence-electron chi connectivity index (χ3n) is 4.83. The molecule has 0 atom stereocenters. The van der Waals surface area contributed by atoms with E-state index in [4.69, 9.17) is 5.73 Å². The molecule has 8 heteroatoms.